The summed E-state index contributed by atoms with van der Waals surface area (Å²) in [6.45, 7) is 3.88. The maximum absolute atomic E-state index is 12.1. The quantitative estimate of drug-likeness (QED) is 0.717. The maximum Gasteiger partial charge on any atom is 0.213 e. The number of ketones is 1. The fraction of sp³-hybridized carbons (Fsp3) is 0.154. The highest BCUT2D eigenvalue weighted by Crippen LogP contribution is 2.14. The van der Waals surface area contributed by atoms with E-state index < -0.39 is 0 Å². The van der Waals surface area contributed by atoms with Crippen molar-refractivity contribution in [2.75, 3.05) is 0 Å². The Kier molecular flexibility index (Phi) is 2.77. The first kappa shape index (κ1) is 10.5. The van der Waals surface area contributed by atoms with Crippen molar-refractivity contribution in [2.24, 2.45) is 0 Å². The van der Waals surface area contributed by atoms with Crippen molar-refractivity contribution >= 4 is 5.78 Å². The summed E-state index contributed by atoms with van der Waals surface area (Å²) in [6, 6.07) is 5.81. The molecule has 2 rings (SSSR count). The van der Waals surface area contributed by atoms with Crippen molar-refractivity contribution in [1.29, 1.82) is 0 Å². The van der Waals surface area contributed by atoms with Crippen molar-refractivity contribution in [3.8, 4) is 0 Å². The van der Waals surface area contributed by atoms with Crippen molar-refractivity contribution in [3.05, 3.63) is 59.2 Å². The number of aryl methyl sites for hydroxylation is 2. The second-order valence-corrected chi connectivity index (χ2v) is 3.74. The van der Waals surface area contributed by atoms with Crippen molar-refractivity contribution in [3.63, 3.8) is 0 Å². The molecule has 0 bridgehead atoms. The standard InChI is InChI=1S/C13H12N2O/c1-9-3-4-10(2)11(7-9)13(16)12-8-14-5-6-15-12/h3-8H,1-2H3. The average molecular weight is 212 g/mol. The lowest BCUT2D eigenvalue weighted by molar-refractivity contribution is 0.103. The predicted octanol–water partition coefficient (Wildman–Crippen LogP) is 2.32. The molecule has 2 aromatic rings. The Morgan fingerprint density at radius 3 is 2.69 bits per heavy atom. The monoisotopic (exact) mass is 212 g/mol. The molecule has 1 aromatic heterocycles. The van der Waals surface area contributed by atoms with E-state index in [0.29, 0.717) is 11.3 Å². The molecule has 0 atom stereocenters. The van der Waals surface area contributed by atoms with Gasteiger partial charge in [-0.2, -0.15) is 0 Å². The number of nitrogens with zero attached hydrogens (tertiary/aromatic N) is 2. The summed E-state index contributed by atoms with van der Waals surface area (Å²) in [5.74, 6) is -0.0747. The van der Waals surface area contributed by atoms with E-state index in [1.54, 1.807) is 6.20 Å². The summed E-state index contributed by atoms with van der Waals surface area (Å²) in [5.41, 5.74) is 3.11. The van der Waals surface area contributed by atoms with Crippen LogP contribution >= 0.6 is 0 Å². The average Bonchev–Trinajstić information content (AvgIpc) is 2.32. The van der Waals surface area contributed by atoms with E-state index in [-0.39, 0.29) is 5.78 Å². The second-order valence-electron chi connectivity index (χ2n) is 3.74. The number of hydrogen-bond acceptors (Lipinski definition) is 3. The van der Waals surface area contributed by atoms with Crippen molar-refractivity contribution in [2.45, 2.75) is 13.8 Å². The van der Waals surface area contributed by atoms with Gasteiger partial charge in [0.15, 0.2) is 0 Å². The van der Waals surface area contributed by atoms with Crippen LogP contribution < -0.4 is 0 Å². The van der Waals surface area contributed by atoms with Crippen LogP contribution in [0.1, 0.15) is 27.2 Å². The first-order valence-corrected chi connectivity index (χ1v) is 5.06. The summed E-state index contributed by atoms with van der Waals surface area (Å²) in [6.07, 6.45) is 4.57. The van der Waals surface area contributed by atoms with Crippen LogP contribution in [0, 0.1) is 13.8 Å². The zero-order valence-electron chi connectivity index (χ0n) is 9.27. The summed E-state index contributed by atoms with van der Waals surface area (Å²) >= 11 is 0. The molecule has 0 saturated carbocycles. The lowest BCUT2D eigenvalue weighted by atomic mass is 10.0. The van der Waals surface area contributed by atoms with Crippen LogP contribution in [0.4, 0.5) is 0 Å². The molecule has 0 aliphatic rings. The molecule has 0 radical (unpaired) electrons. The molecule has 80 valence electrons. The van der Waals surface area contributed by atoms with E-state index in [0.717, 1.165) is 11.1 Å². The van der Waals surface area contributed by atoms with Crippen LogP contribution in [0.5, 0.6) is 0 Å². The van der Waals surface area contributed by atoms with Gasteiger partial charge in [-0.05, 0) is 25.5 Å². The highest BCUT2D eigenvalue weighted by Gasteiger charge is 2.12. The highest BCUT2D eigenvalue weighted by atomic mass is 16.1. The first-order chi connectivity index (χ1) is 7.68. The number of benzene rings is 1. The van der Waals surface area contributed by atoms with Crippen LogP contribution in [-0.4, -0.2) is 15.8 Å². The molecule has 1 aromatic carbocycles. The third-order valence-corrected chi connectivity index (χ3v) is 2.43. The molecule has 0 aliphatic carbocycles. The Labute approximate surface area is 94.2 Å². The minimum atomic E-state index is -0.0747. The number of carbonyl (C=O) groups excluding carboxylic acids is 1. The molecular weight excluding hydrogens is 200 g/mol. The summed E-state index contributed by atoms with van der Waals surface area (Å²) in [4.78, 5) is 20.0. The van der Waals surface area contributed by atoms with Crippen LogP contribution in [0.25, 0.3) is 0 Å². The number of carbonyl (C=O) groups is 1. The van der Waals surface area contributed by atoms with Gasteiger partial charge in [0.05, 0.1) is 6.20 Å². The molecule has 0 N–H and O–H groups in total. The number of hydrogen-bond donors (Lipinski definition) is 0. The topological polar surface area (TPSA) is 42.9 Å². The van der Waals surface area contributed by atoms with E-state index in [1.807, 2.05) is 32.0 Å². The van der Waals surface area contributed by atoms with Crippen molar-refractivity contribution < 1.29 is 4.79 Å². The molecule has 3 heteroatoms. The first-order valence-electron chi connectivity index (χ1n) is 5.06. The van der Waals surface area contributed by atoms with E-state index in [2.05, 4.69) is 9.97 Å². The van der Waals surface area contributed by atoms with E-state index in [9.17, 15) is 4.79 Å². The Hall–Kier alpha value is -2.03. The molecule has 1 heterocycles. The zero-order valence-corrected chi connectivity index (χ0v) is 9.27. The highest BCUT2D eigenvalue weighted by molar-refractivity contribution is 6.08. The normalized spacial score (nSPS) is 10.1. The molecule has 0 spiro atoms. The molecule has 0 unspecified atom stereocenters. The van der Waals surface area contributed by atoms with Crippen LogP contribution in [-0.2, 0) is 0 Å². The van der Waals surface area contributed by atoms with Gasteiger partial charge in [-0.25, -0.2) is 4.98 Å². The molecule has 3 nitrogen and oxygen atoms in total. The molecular formula is C13H12N2O. The van der Waals surface area contributed by atoms with Gasteiger partial charge in [-0.3, -0.25) is 9.78 Å². The largest absolute Gasteiger partial charge is 0.287 e. The lowest BCUT2D eigenvalue weighted by Gasteiger charge is -2.05. The van der Waals surface area contributed by atoms with Gasteiger partial charge < -0.3 is 0 Å². The summed E-state index contributed by atoms with van der Waals surface area (Å²) in [5, 5.41) is 0. The third kappa shape index (κ3) is 1.98. The van der Waals surface area contributed by atoms with Crippen LogP contribution in [0.2, 0.25) is 0 Å². The zero-order chi connectivity index (χ0) is 11.5. The van der Waals surface area contributed by atoms with Gasteiger partial charge in [0.1, 0.15) is 5.69 Å². The minimum Gasteiger partial charge on any atom is -0.287 e. The summed E-state index contributed by atoms with van der Waals surface area (Å²) < 4.78 is 0. The predicted molar refractivity (Wildman–Crippen MR) is 61.4 cm³/mol. The Balaban J connectivity index is 2.46. The SMILES string of the molecule is Cc1ccc(C)c(C(=O)c2cnccn2)c1. The van der Waals surface area contributed by atoms with E-state index >= 15 is 0 Å². The fourth-order valence-corrected chi connectivity index (χ4v) is 1.53. The van der Waals surface area contributed by atoms with E-state index in [4.69, 9.17) is 0 Å². The molecule has 0 saturated heterocycles. The van der Waals surface area contributed by atoms with Gasteiger partial charge in [-0.1, -0.05) is 17.7 Å². The number of aromatic nitrogens is 2. The second kappa shape index (κ2) is 4.23. The number of rotatable bonds is 2. The van der Waals surface area contributed by atoms with Gasteiger partial charge in [0, 0.05) is 18.0 Å². The van der Waals surface area contributed by atoms with Gasteiger partial charge in [0.2, 0.25) is 5.78 Å². The Bertz CT molecular complexity index is 521. The molecule has 0 aliphatic heterocycles. The molecule has 0 amide bonds. The smallest absolute Gasteiger partial charge is 0.213 e. The summed E-state index contributed by atoms with van der Waals surface area (Å²) in [7, 11) is 0. The van der Waals surface area contributed by atoms with Gasteiger partial charge in [0.25, 0.3) is 0 Å². The molecule has 0 fully saturated rings. The lowest BCUT2D eigenvalue weighted by Crippen LogP contribution is -2.06. The van der Waals surface area contributed by atoms with Gasteiger partial charge in [-0.15, -0.1) is 0 Å². The minimum absolute atomic E-state index is 0.0747. The maximum atomic E-state index is 12.1. The van der Waals surface area contributed by atoms with Crippen molar-refractivity contribution in [1.82, 2.24) is 9.97 Å². The van der Waals surface area contributed by atoms with Crippen LogP contribution in [0.3, 0.4) is 0 Å². The third-order valence-electron chi connectivity index (χ3n) is 2.43. The van der Waals surface area contributed by atoms with E-state index in [1.165, 1.54) is 12.4 Å². The Morgan fingerprint density at radius 2 is 2.00 bits per heavy atom. The molecule has 16 heavy (non-hydrogen) atoms. The fourth-order valence-electron chi connectivity index (χ4n) is 1.53. The van der Waals surface area contributed by atoms with Crippen LogP contribution in [0.15, 0.2) is 36.8 Å². The Morgan fingerprint density at radius 1 is 1.19 bits per heavy atom. The van der Waals surface area contributed by atoms with Gasteiger partial charge >= 0.3 is 0 Å².